The fourth-order valence-corrected chi connectivity index (χ4v) is 2.80. The highest BCUT2D eigenvalue weighted by molar-refractivity contribution is 7.18. The highest BCUT2D eigenvalue weighted by atomic mass is 32.1. The maximum absolute atomic E-state index is 11.8. The summed E-state index contributed by atoms with van der Waals surface area (Å²) in [4.78, 5) is 18.0. The van der Waals surface area contributed by atoms with Crippen molar-refractivity contribution >= 4 is 27.6 Å². The Morgan fingerprint density at radius 2 is 2.28 bits per heavy atom. The van der Waals surface area contributed by atoms with Crippen LogP contribution in [0.1, 0.15) is 17.8 Å². The van der Waals surface area contributed by atoms with Crippen LogP contribution in [0, 0.1) is 0 Å². The number of nitrogens with zero attached hydrogens (tertiary/aromatic N) is 2. The van der Waals surface area contributed by atoms with Gasteiger partial charge < -0.3 is 10.2 Å². The fourth-order valence-electron chi connectivity index (χ4n) is 1.77. The van der Waals surface area contributed by atoms with E-state index in [0.717, 1.165) is 23.4 Å². The number of carbonyl (C=O) groups is 1. The van der Waals surface area contributed by atoms with Crippen LogP contribution in [0.2, 0.25) is 0 Å². The highest BCUT2D eigenvalue weighted by Crippen LogP contribution is 2.23. The number of rotatable bonds is 3. The lowest BCUT2D eigenvalue weighted by atomic mass is 10.3. The van der Waals surface area contributed by atoms with Crippen molar-refractivity contribution in [3.63, 3.8) is 0 Å². The summed E-state index contributed by atoms with van der Waals surface area (Å²) >= 11 is 1.64. The first-order chi connectivity index (χ1) is 8.72. The van der Waals surface area contributed by atoms with Gasteiger partial charge in [-0.2, -0.15) is 0 Å². The maximum Gasteiger partial charge on any atom is 0.317 e. The Morgan fingerprint density at radius 3 is 3.00 bits per heavy atom. The second-order valence-corrected chi connectivity index (χ2v) is 5.77. The number of benzene rings is 1. The predicted molar refractivity (Wildman–Crippen MR) is 72.6 cm³/mol. The minimum Gasteiger partial charge on any atom is -0.335 e. The summed E-state index contributed by atoms with van der Waals surface area (Å²) in [5.41, 5.74) is 1.01. The van der Waals surface area contributed by atoms with E-state index in [4.69, 9.17) is 0 Å². The number of fused-ring (bicyclic) bond motifs is 1. The van der Waals surface area contributed by atoms with Crippen molar-refractivity contribution in [1.82, 2.24) is 15.2 Å². The third-order valence-electron chi connectivity index (χ3n) is 2.96. The van der Waals surface area contributed by atoms with Crippen molar-refractivity contribution in [1.29, 1.82) is 0 Å². The third kappa shape index (κ3) is 2.46. The van der Waals surface area contributed by atoms with Crippen LogP contribution in [0.15, 0.2) is 24.3 Å². The zero-order valence-corrected chi connectivity index (χ0v) is 11.0. The standard InChI is InChI=1S/C13H15N3OS/c1-16(13(17)14-9-6-7-9)8-12-15-10-4-2-3-5-11(10)18-12/h2-5,9H,6-8H2,1H3,(H,14,17). The van der Waals surface area contributed by atoms with E-state index < -0.39 is 0 Å². The minimum absolute atomic E-state index is 0.00300. The van der Waals surface area contributed by atoms with Crippen LogP contribution in [0.25, 0.3) is 10.2 Å². The van der Waals surface area contributed by atoms with E-state index in [0.29, 0.717) is 12.6 Å². The van der Waals surface area contributed by atoms with Crippen LogP contribution in [0.4, 0.5) is 4.79 Å². The van der Waals surface area contributed by atoms with Gasteiger partial charge in [0, 0.05) is 13.1 Å². The molecule has 94 valence electrons. The van der Waals surface area contributed by atoms with Crippen molar-refractivity contribution < 1.29 is 4.79 Å². The molecule has 1 heterocycles. The van der Waals surface area contributed by atoms with Crippen molar-refractivity contribution in [3.05, 3.63) is 29.3 Å². The molecule has 1 N–H and O–H groups in total. The minimum atomic E-state index is -0.00300. The summed E-state index contributed by atoms with van der Waals surface area (Å²) in [6, 6.07) is 8.44. The molecule has 1 aromatic carbocycles. The Balaban J connectivity index is 1.68. The zero-order valence-electron chi connectivity index (χ0n) is 10.2. The van der Waals surface area contributed by atoms with Crippen LogP contribution in [0.3, 0.4) is 0 Å². The molecule has 2 aromatic rings. The topological polar surface area (TPSA) is 45.2 Å². The molecule has 1 aromatic heterocycles. The van der Waals surface area contributed by atoms with E-state index in [2.05, 4.69) is 16.4 Å². The van der Waals surface area contributed by atoms with E-state index in [1.165, 1.54) is 4.70 Å². The Kier molecular flexibility index (Phi) is 2.91. The largest absolute Gasteiger partial charge is 0.335 e. The Hall–Kier alpha value is -1.62. The first-order valence-corrected chi connectivity index (χ1v) is 6.90. The molecular weight excluding hydrogens is 246 g/mol. The Labute approximate surface area is 110 Å². The van der Waals surface area contributed by atoms with Crippen LogP contribution >= 0.6 is 11.3 Å². The van der Waals surface area contributed by atoms with Gasteiger partial charge in [-0.05, 0) is 25.0 Å². The second-order valence-electron chi connectivity index (χ2n) is 4.66. The smallest absolute Gasteiger partial charge is 0.317 e. The van der Waals surface area contributed by atoms with Gasteiger partial charge in [0.2, 0.25) is 0 Å². The SMILES string of the molecule is CN(Cc1nc2ccccc2s1)C(=O)NC1CC1. The molecule has 5 heteroatoms. The molecule has 0 atom stereocenters. The molecule has 0 unspecified atom stereocenters. The second kappa shape index (κ2) is 4.57. The first-order valence-electron chi connectivity index (χ1n) is 6.08. The molecule has 3 rings (SSSR count). The molecule has 0 radical (unpaired) electrons. The van der Waals surface area contributed by atoms with E-state index in [1.54, 1.807) is 16.2 Å². The van der Waals surface area contributed by atoms with Gasteiger partial charge >= 0.3 is 6.03 Å². The van der Waals surface area contributed by atoms with Crippen LogP contribution in [-0.4, -0.2) is 29.0 Å². The number of urea groups is 1. The average molecular weight is 261 g/mol. The van der Waals surface area contributed by atoms with Gasteiger partial charge in [0.05, 0.1) is 16.8 Å². The third-order valence-corrected chi connectivity index (χ3v) is 3.98. The summed E-state index contributed by atoms with van der Waals surface area (Å²) in [7, 11) is 1.81. The van der Waals surface area contributed by atoms with Gasteiger partial charge in [-0.3, -0.25) is 0 Å². The van der Waals surface area contributed by atoms with Crippen LogP contribution < -0.4 is 5.32 Å². The molecule has 1 fully saturated rings. The number of hydrogen-bond donors (Lipinski definition) is 1. The Morgan fingerprint density at radius 1 is 1.50 bits per heavy atom. The molecular formula is C13H15N3OS. The molecule has 18 heavy (non-hydrogen) atoms. The van der Waals surface area contributed by atoms with Gasteiger partial charge in [-0.15, -0.1) is 11.3 Å². The van der Waals surface area contributed by atoms with Crippen molar-refractivity contribution in [3.8, 4) is 0 Å². The molecule has 0 aliphatic heterocycles. The molecule has 0 spiro atoms. The lowest BCUT2D eigenvalue weighted by Gasteiger charge is -2.16. The molecule has 0 bridgehead atoms. The fraction of sp³-hybridized carbons (Fsp3) is 0.385. The number of para-hydroxylation sites is 1. The number of nitrogens with one attached hydrogen (secondary N) is 1. The Bertz CT molecular complexity index is 543. The van der Waals surface area contributed by atoms with Crippen LogP contribution in [0.5, 0.6) is 0 Å². The van der Waals surface area contributed by atoms with Crippen molar-refractivity contribution in [2.24, 2.45) is 0 Å². The highest BCUT2D eigenvalue weighted by Gasteiger charge is 2.24. The average Bonchev–Trinajstić information content (AvgIpc) is 3.07. The van der Waals surface area contributed by atoms with E-state index >= 15 is 0 Å². The number of hydrogen-bond acceptors (Lipinski definition) is 3. The molecule has 2 amide bonds. The van der Waals surface area contributed by atoms with Gasteiger partial charge in [0.15, 0.2) is 0 Å². The number of carbonyl (C=O) groups excluding carboxylic acids is 1. The molecule has 1 saturated carbocycles. The first kappa shape index (κ1) is 11.5. The quantitative estimate of drug-likeness (QED) is 0.923. The number of amides is 2. The van der Waals surface area contributed by atoms with Gasteiger partial charge in [0.1, 0.15) is 5.01 Å². The summed E-state index contributed by atoms with van der Waals surface area (Å²) < 4.78 is 1.17. The summed E-state index contributed by atoms with van der Waals surface area (Å²) in [6.45, 7) is 0.567. The van der Waals surface area contributed by atoms with Crippen molar-refractivity contribution in [2.75, 3.05) is 7.05 Å². The van der Waals surface area contributed by atoms with E-state index in [9.17, 15) is 4.79 Å². The zero-order chi connectivity index (χ0) is 12.5. The monoisotopic (exact) mass is 261 g/mol. The van der Waals surface area contributed by atoms with Gasteiger partial charge in [0.25, 0.3) is 0 Å². The van der Waals surface area contributed by atoms with Crippen molar-refractivity contribution in [2.45, 2.75) is 25.4 Å². The normalized spacial score (nSPS) is 14.7. The predicted octanol–water partition coefficient (Wildman–Crippen LogP) is 2.60. The lowest BCUT2D eigenvalue weighted by molar-refractivity contribution is 0.206. The molecule has 0 saturated heterocycles. The number of thiazole rings is 1. The summed E-state index contributed by atoms with van der Waals surface area (Å²) in [6.07, 6.45) is 2.22. The molecule has 4 nitrogen and oxygen atoms in total. The van der Waals surface area contributed by atoms with E-state index in [-0.39, 0.29) is 6.03 Å². The van der Waals surface area contributed by atoms with Gasteiger partial charge in [-0.25, -0.2) is 9.78 Å². The molecule has 1 aliphatic carbocycles. The number of aromatic nitrogens is 1. The summed E-state index contributed by atoms with van der Waals surface area (Å²) in [5, 5.41) is 3.95. The van der Waals surface area contributed by atoms with Gasteiger partial charge in [-0.1, -0.05) is 12.1 Å². The molecule has 1 aliphatic rings. The summed E-state index contributed by atoms with van der Waals surface area (Å²) in [5.74, 6) is 0. The maximum atomic E-state index is 11.8. The van der Waals surface area contributed by atoms with E-state index in [1.807, 2.05) is 25.2 Å². The lowest BCUT2D eigenvalue weighted by Crippen LogP contribution is -2.37. The van der Waals surface area contributed by atoms with Crippen LogP contribution in [-0.2, 0) is 6.54 Å².